The van der Waals surface area contributed by atoms with Crippen LogP contribution in [0.3, 0.4) is 0 Å². The minimum atomic E-state index is -1.33. The van der Waals surface area contributed by atoms with Crippen molar-refractivity contribution in [1.82, 2.24) is 5.32 Å². The van der Waals surface area contributed by atoms with Crippen molar-refractivity contribution >= 4 is 17.8 Å². The number of hydrogen-bond acceptors (Lipinski definition) is 8. The summed E-state index contributed by atoms with van der Waals surface area (Å²) in [5, 5.41) is 13.3. The standard InChI is InChI=1S/C19H25NO8/c1-11(21)20-16-17(24)18(27-13(3)23)15(10-25-12(2)22)28-19(16)26-9-14-7-5-4-6-8-14/h4-8,15-19,24H,9-10H2,1-3H3,(H,20,21)/t15-,16-,17-,18-,19+/m1/s1. The van der Waals surface area contributed by atoms with Crippen LogP contribution < -0.4 is 5.32 Å². The van der Waals surface area contributed by atoms with Crippen molar-refractivity contribution in [2.75, 3.05) is 6.61 Å². The highest BCUT2D eigenvalue weighted by atomic mass is 16.7. The topological polar surface area (TPSA) is 120 Å². The third-order valence-corrected chi connectivity index (χ3v) is 4.05. The molecule has 1 amide bonds. The van der Waals surface area contributed by atoms with Gasteiger partial charge in [-0.05, 0) is 5.56 Å². The normalized spacial score (nSPS) is 26.9. The molecule has 1 heterocycles. The van der Waals surface area contributed by atoms with Crippen molar-refractivity contribution in [3.63, 3.8) is 0 Å². The van der Waals surface area contributed by atoms with Crippen LogP contribution >= 0.6 is 0 Å². The number of carbonyl (C=O) groups excluding carboxylic acids is 3. The molecular formula is C19H25NO8. The van der Waals surface area contributed by atoms with Crippen LogP contribution in [0.2, 0.25) is 0 Å². The molecule has 28 heavy (non-hydrogen) atoms. The maximum Gasteiger partial charge on any atom is 0.303 e. The minimum Gasteiger partial charge on any atom is -0.463 e. The summed E-state index contributed by atoms with van der Waals surface area (Å²) >= 11 is 0. The molecule has 9 nitrogen and oxygen atoms in total. The van der Waals surface area contributed by atoms with E-state index in [1.807, 2.05) is 30.3 Å². The van der Waals surface area contributed by atoms with Gasteiger partial charge in [-0.3, -0.25) is 14.4 Å². The Bertz CT molecular complexity index is 678. The predicted molar refractivity (Wildman–Crippen MR) is 95.7 cm³/mol. The van der Waals surface area contributed by atoms with E-state index in [1.54, 1.807) is 0 Å². The fourth-order valence-electron chi connectivity index (χ4n) is 2.87. The van der Waals surface area contributed by atoms with E-state index in [-0.39, 0.29) is 13.2 Å². The number of aliphatic hydroxyl groups is 1. The second-order valence-electron chi connectivity index (χ2n) is 6.43. The first-order valence-corrected chi connectivity index (χ1v) is 8.84. The van der Waals surface area contributed by atoms with E-state index >= 15 is 0 Å². The summed E-state index contributed by atoms with van der Waals surface area (Å²) in [7, 11) is 0. The van der Waals surface area contributed by atoms with Crippen LogP contribution in [0.25, 0.3) is 0 Å². The summed E-state index contributed by atoms with van der Waals surface area (Å²) in [6, 6.07) is 8.28. The van der Waals surface area contributed by atoms with Crippen LogP contribution in [0, 0.1) is 0 Å². The van der Waals surface area contributed by atoms with Crippen molar-refractivity contribution in [2.45, 2.75) is 58.0 Å². The molecule has 1 aliphatic rings. The maximum atomic E-state index is 11.6. The highest BCUT2D eigenvalue weighted by molar-refractivity contribution is 5.73. The van der Waals surface area contributed by atoms with Gasteiger partial charge >= 0.3 is 11.9 Å². The number of hydrogen-bond donors (Lipinski definition) is 2. The van der Waals surface area contributed by atoms with Gasteiger partial charge in [0.15, 0.2) is 12.4 Å². The van der Waals surface area contributed by atoms with E-state index in [0.29, 0.717) is 0 Å². The summed E-state index contributed by atoms with van der Waals surface area (Å²) in [5.74, 6) is -1.61. The number of ether oxygens (including phenoxy) is 4. The maximum absolute atomic E-state index is 11.6. The van der Waals surface area contributed by atoms with Crippen molar-refractivity contribution in [2.24, 2.45) is 0 Å². The molecule has 154 valence electrons. The van der Waals surface area contributed by atoms with Gasteiger partial charge in [-0.25, -0.2) is 0 Å². The zero-order valence-electron chi connectivity index (χ0n) is 16.0. The lowest BCUT2D eigenvalue weighted by molar-refractivity contribution is -0.277. The highest BCUT2D eigenvalue weighted by Gasteiger charge is 2.48. The predicted octanol–water partition coefficient (Wildman–Crippen LogP) is 0.289. The van der Waals surface area contributed by atoms with E-state index in [0.717, 1.165) is 5.56 Å². The molecule has 0 unspecified atom stereocenters. The number of aliphatic hydroxyl groups excluding tert-OH is 1. The number of esters is 2. The molecule has 0 bridgehead atoms. The second kappa shape index (κ2) is 10.2. The number of benzene rings is 1. The monoisotopic (exact) mass is 395 g/mol. The van der Waals surface area contributed by atoms with Gasteiger partial charge in [0.2, 0.25) is 5.91 Å². The van der Waals surface area contributed by atoms with E-state index in [9.17, 15) is 19.5 Å². The Morgan fingerprint density at radius 2 is 1.79 bits per heavy atom. The van der Waals surface area contributed by atoms with E-state index in [4.69, 9.17) is 18.9 Å². The van der Waals surface area contributed by atoms with Gasteiger partial charge in [0.05, 0.1) is 6.61 Å². The summed E-state index contributed by atoms with van der Waals surface area (Å²) in [4.78, 5) is 34.2. The Morgan fingerprint density at radius 1 is 1.11 bits per heavy atom. The quantitative estimate of drug-likeness (QED) is 0.632. The molecule has 0 saturated carbocycles. The van der Waals surface area contributed by atoms with Gasteiger partial charge in [0.25, 0.3) is 0 Å². The first-order chi connectivity index (χ1) is 13.3. The summed E-state index contributed by atoms with van der Waals surface area (Å²) in [5.41, 5.74) is 0.862. The first-order valence-electron chi connectivity index (χ1n) is 8.84. The lowest BCUT2D eigenvalue weighted by atomic mass is 9.96. The number of nitrogens with one attached hydrogen (secondary N) is 1. The third-order valence-electron chi connectivity index (χ3n) is 4.05. The average molecular weight is 395 g/mol. The molecule has 2 rings (SSSR count). The van der Waals surface area contributed by atoms with Crippen LogP contribution in [-0.4, -0.2) is 60.2 Å². The van der Waals surface area contributed by atoms with Gasteiger partial charge in [0, 0.05) is 20.8 Å². The molecule has 1 aromatic carbocycles. The van der Waals surface area contributed by atoms with E-state index in [1.165, 1.54) is 20.8 Å². The molecule has 0 spiro atoms. The lowest BCUT2D eigenvalue weighted by Gasteiger charge is -2.43. The summed E-state index contributed by atoms with van der Waals surface area (Å²) in [6.45, 7) is 3.60. The molecule has 1 aliphatic heterocycles. The van der Waals surface area contributed by atoms with Gasteiger partial charge < -0.3 is 29.4 Å². The van der Waals surface area contributed by atoms with E-state index in [2.05, 4.69) is 5.32 Å². The zero-order chi connectivity index (χ0) is 20.7. The Morgan fingerprint density at radius 3 is 2.36 bits per heavy atom. The van der Waals surface area contributed by atoms with Gasteiger partial charge in [-0.2, -0.15) is 0 Å². The molecule has 2 N–H and O–H groups in total. The van der Waals surface area contributed by atoms with Gasteiger partial charge in [-0.1, -0.05) is 30.3 Å². The smallest absolute Gasteiger partial charge is 0.303 e. The number of rotatable bonds is 7. The number of carbonyl (C=O) groups is 3. The fourth-order valence-corrected chi connectivity index (χ4v) is 2.87. The Labute approximate surface area is 162 Å². The first kappa shape index (κ1) is 21.8. The summed E-state index contributed by atoms with van der Waals surface area (Å²) in [6.07, 6.45) is -4.49. The Kier molecular flexibility index (Phi) is 7.91. The SMILES string of the molecule is CC(=O)N[C@H]1[C@@H](OCc2ccccc2)O[C@H](COC(C)=O)[C@@H](OC(C)=O)[C@@H]1O. The van der Waals surface area contributed by atoms with E-state index < -0.39 is 48.5 Å². The highest BCUT2D eigenvalue weighted by Crippen LogP contribution is 2.26. The minimum absolute atomic E-state index is 0.160. The molecule has 0 radical (unpaired) electrons. The Balaban J connectivity index is 2.19. The molecular weight excluding hydrogens is 370 g/mol. The molecule has 5 atom stereocenters. The van der Waals surface area contributed by atoms with Gasteiger partial charge in [0.1, 0.15) is 24.9 Å². The molecule has 1 saturated heterocycles. The largest absolute Gasteiger partial charge is 0.463 e. The van der Waals surface area contributed by atoms with Crippen LogP contribution in [0.15, 0.2) is 30.3 Å². The fraction of sp³-hybridized carbons (Fsp3) is 0.526. The summed E-state index contributed by atoms with van der Waals surface area (Å²) < 4.78 is 21.7. The molecule has 0 aliphatic carbocycles. The van der Waals surface area contributed by atoms with Crippen LogP contribution in [0.4, 0.5) is 0 Å². The zero-order valence-corrected chi connectivity index (χ0v) is 16.0. The van der Waals surface area contributed by atoms with Crippen molar-refractivity contribution < 1.29 is 38.4 Å². The molecule has 9 heteroatoms. The Hall–Kier alpha value is -2.49. The molecule has 0 aromatic heterocycles. The van der Waals surface area contributed by atoms with Gasteiger partial charge in [-0.15, -0.1) is 0 Å². The average Bonchev–Trinajstić information content (AvgIpc) is 2.63. The molecule has 1 aromatic rings. The van der Waals surface area contributed by atoms with Crippen LogP contribution in [-0.2, 0) is 39.9 Å². The van der Waals surface area contributed by atoms with Crippen molar-refractivity contribution in [1.29, 1.82) is 0 Å². The van der Waals surface area contributed by atoms with Crippen LogP contribution in [0.1, 0.15) is 26.3 Å². The second-order valence-corrected chi connectivity index (χ2v) is 6.43. The molecule has 1 fully saturated rings. The van der Waals surface area contributed by atoms with Crippen molar-refractivity contribution in [3.05, 3.63) is 35.9 Å². The van der Waals surface area contributed by atoms with Crippen LogP contribution in [0.5, 0.6) is 0 Å². The number of amides is 1. The lowest BCUT2D eigenvalue weighted by Crippen LogP contribution is -2.65. The third kappa shape index (κ3) is 6.29. The van der Waals surface area contributed by atoms with Crippen molar-refractivity contribution in [3.8, 4) is 0 Å².